The summed E-state index contributed by atoms with van der Waals surface area (Å²) in [5.74, 6) is -0.237. The number of sulfonamides is 1. The van der Waals surface area contributed by atoms with Gasteiger partial charge in [0.25, 0.3) is 0 Å². The number of halogens is 1. The fourth-order valence-corrected chi connectivity index (χ4v) is 3.99. The van der Waals surface area contributed by atoms with Crippen LogP contribution in [0.25, 0.3) is 0 Å². The molecule has 1 atom stereocenters. The third kappa shape index (κ3) is 5.20. The molecule has 1 rings (SSSR count). The zero-order chi connectivity index (χ0) is 16.2. The van der Waals surface area contributed by atoms with Crippen LogP contribution in [0.5, 0.6) is 0 Å². The number of hydrogen-bond acceptors (Lipinski definition) is 6. The highest BCUT2D eigenvalue weighted by Crippen LogP contribution is 2.23. The largest absolute Gasteiger partial charge is 0.465 e. The van der Waals surface area contributed by atoms with Gasteiger partial charge in [0.05, 0.1) is 12.0 Å². The van der Waals surface area contributed by atoms with Gasteiger partial charge in [0, 0.05) is 25.0 Å². The Labute approximate surface area is 142 Å². The fourth-order valence-electron chi connectivity index (χ4n) is 1.63. The summed E-state index contributed by atoms with van der Waals surface area (Å²) in [6.45, 7) is 4.34. The zero-order valence-corrected chi connectivity index (χ0v) is 15.6. The van der Waals surface area contributed by atoms with Crippen molar-refractivity contribution < 1.29 is 17.9 Å². The van der Waals surface area contributed by atoms with Gasteiger partial charge in [-0.05, 0) is 18.4 Å². The number of hydrogen-bond donors (Lipinski definition) is 1. The molecule has 0 fully saturated rings. The number of nitrogens with two attached hydrogens (primary N) is 1. The van der Waals surface area contributed by atoms with E-state index in [1.165, 1.54) is 29.9 Å². The average molecular weight is 371 g/mol. The topological polar surface area (TPSA) is 89.7 Å². The van der Waals surface area contributed by atoms with Gasteiger partial charge in [-0.3, -0.25) is 0 Å². The van der Waals surface area contributed by atoms with E-state index in [-0.39, 0.29) is 28.2 Å². The monoisotopic (exact) mass is 370 g/mol. The van der Waals surface area contributed by atoms with Gasteiger partial charge < -0.3 is 10.5 Å². The predicted octanol–water partition coefficient (Wildman–Crippen LogP) is 1.95. The van der Waals surface area contributed by atoms with E-state index in [9.17, 15) is 13.2 Å². The van der Waals surface area contributed by atoms with Crippen LogP contribution in [0, 0.1) is 5.92 Å². The lowest BCUT2D eigenvalue weighted by atomic mass is 10.0. The molecule has 0 radical (unpaired) electrons. The first-order valence-electron chi connectivity index (χ1n) is 6.59. The SMILES string of the molecule is COC(=O)c1cc(S(=O)(=O)N(C)CCC(N)C(C)C)cs1.Cl. The molecular formula is C13H23ClN2O4S2. The lowest BCUT2D eigenvalue weighted by Crippen LogP contribution is -2.34. The number of esters is 1. The molecule has 2 N–H and O–H groups in total. The second-order valence-corrected chi connectivity index (χ2v) is 8.12. The predicted molar refractivity (Wildman–Crippen MR) is 90.2 cm³/mol. The van der Waals surface area contributed by atoms with E-state index in [1.807, 2.05) is 13.8 Å². The summed E-state index contributed by atoms with van der Waals surface area (Å²) in [6.07, 6.45) is 0.585. The molecule has 128 valence electrons. The van der Waals surface area contributed by atoms with Crippen LogP contribution in [0.15, 0.2) is 16.3 Å². The molecular weight excluding hydrogens is 348 g/mol. The van der Waals surface area contributed by atoms with E-state index in [1.54, 1.807) is 0 Å². The Morgan fingerprint density at radius 1 is 1.45 bits per heavy atom. The lowest BCUT2D eigenvalue weighted by molar-refractivity contribution is 0.0606. The van der Waals surface area contributed by atoms with Gasteiger partial charge in [0.2, 0.25) is 10.0 Å². The van der Waals surface area contributed by atoms with E-state index in [0.29, 0.717) is 18.9 Å². The van der Waals surface area contributed by atoms with Gasteiger partial charge in [0.1, 0.15) is 4.88 Å². The standard InChI is InChI=1S/C13H22N2O4S2.ClH/c1-9(2)11(14)5-6-15(3)21(17,18)10-7-12(20-8-10)13(16)19-4;/h7-9,11H,5-6,14H2,1-4H3;1H. The second-order valence-electron chi connectivity index (χ2n) is 5.16. The van der Waals surface area contributed by atoms with Crippen molar-refractivity contribution in [3.05, 3.63) is 16.3 Å². The molecule has 0 saturated carbocycles. The number of carbonyl (C=O) groups is 1. The molecule has 6 nitrogen and oxygen atoms in total. The summed E-state index contributed by atoms with van der Waals surface area (Å²) >= 11 is 1.05. The van der Waals surface area contributed by atoms with Crippen molar-refractivity contribution in [1.82, 2.24) is 4.31 Å². The number of rotatable bonds is 7. The first-order chi connectivity index (χ1) is 9.70. The lowest BCUT2D eigenvalue weighted by Gasteiger charge is -2.20. The Morgan fingerprint density at radius 2 is 2.05 bits per heavy atom. The normalized spacial score (nSPS) is 13.0. The molecule has 22 heavy (non-hydrogen) atoms. The molecule has 0 aliphatic carbocycles. The van der Waals surface area contributed by atoms with Crippen LogP contribution in [0.2, 0.25) is 0 Å². The van der Waals surface area contributed by atoms with Crippen LogP contribution in [0.4, 0.5) is 0 Å². The number of thiophene rings is 1. The molecule has 9 heteroatoms. The number of methoxy groups -OCH3 is 1. The maximum Gasteiger partial charge on any atom is 0.348 e. The molecule has 0 spiro atoms. The van der Waals surface area contributed by atoms with Gasteiger partial charge in [0.15, 0.2) is 0 Å². The van der Waals surface area contributed by atoms with Crippen molar-refractivity contribution in [1.29, 1.82) is 0 Å². The van der Waals surface area contributed by atoms with Crippen molar-refractivity contribution >= 4 is 39.7 Å². The minimum absolute atomic E-state index is 0. The van der Waals surface area contributed by atoms with Crippen LogP contribution in [0.3, 0.4) is 0 Å². The maximum atomic E-state index is 12.4. The first kappa shape index (κ1) is 21.3. The minimum atomic E-state index is -3.60. The third-order valence-corrected chi connectivity index (χ3v) is 6.20. The Balaban J connectivity index is 0.00000441. The Bertz CT molecular complexity index is 587. The van der Waals surface area contributed by atoms with Gasteiger partial charge >= 0.3 is 5.97 Å². The zero-order valence-electron chi connectivity index (χ0n) is 13.1. The van der Waals surface area contributed by atoms with Crippen LogP contribution in [-0.2, 0) is 14.8 Å². The van der Waals surface area contributed by atoms with E-state index in [0.717, 1.165) is 11.3 Å². The van der Waals surface area contributed by atoms with Gasteiger partial charge in [-0.25, -0.2) is 17.5 Å². The quantitative estimate of drug-likeness (QED) is 0.741. The third-order valence-electron chi connectivity index (χ3n) is 3.30. The highest BCUT2D eigenvalue weighted by Gasteiger charge is 2.24. The van der Waals surface area contributed by atoms with Crippen LogP contribution in [-0.4, -0.2) is 45.4 Å². The Morgan fingerprint density at radius 3 is 2.55 bits per heavy atom. The molecule has 1 unspecified atom stereocenters. The van der Waals surface area contributed by atoms with Crippen molar-refractivity contribution in [2.75, 3.05) is 20.7 Å². The molecule has 0 amide bonds. The van der Waals surface area contributed by atoms with Gasteiger partial charge in [-0.15, -0.1) is 23.7 Å². The van der Waals surface area contributed by atoms with Crippen molar-refractivity contribution in [3.63, 3.8) is 0 Å². The second kappa shape index (κ2) is 8.83. The Kier molecular flexibility index (Phi) is 8.56. The number of carbonyl (C=O) groups excluding carboxylic acids is 1. The van der Waals surface area contributed by atoms with E-state index in [2.05, 4.69) is 4.74 Å². The smallest absolute Gasteiger partial charge is 0.348 e. The van der Waals surface area contributed by atoms with E-state index < -0.39 is 16.0 Å². The van der Waals surface area contributed by atoms with Crippen LogP contribution < -0.4 is 5.73 Å². The highest BCUT2D eigenvalue weighted by molar-refractivity contribution is 7.89. The molecule has 0 bridgehead atoms. The van der Waals surface area contributed by atoms with Gasteiger partial charge in [-0.2, -0.15) is 0 Å². The first-order valence-corrected chi connectivity index (χ1v) is 8.91. The average Bonchev–Trinajstić information content (AvgIpc) is 2.93. The summed E-state index contributed by atoms with van der Waals surface area (Å²) in [5, 5.41) is 1.44. The molecule has 0 saturated heterocycles. The van der Waals surface area contributed by atoms with E-state index in [4.69, 9.17) is 5.73 Å². The summed E-state index contributed by atoms with van der Waals surface area (Å²) in [5.41, 5.74) is 5.93. The molecule has 1 aromatic rings. The molecule has 0 aromatic carbocycles. The van der Waals surface area contributed by atoms with Crippen molar-refractivity contribution in [2.45, 2.75) is 31.2 Å². The number of nitrogens with zero attached hydrogens (tertiary/aromatic N) is 1. The minimum Gasteiger partial charge on any atom is -0.465 e. The van der Waals surface area contributed by atoms with E-state index >= 15 is 0 Å². The number of ether oxygens (including phenoxy) is 1. The van der Waals surface area contributed by atoms with Crippen LogP contribution >= 0.6 is 23.7 Å². The van der Waals surface area contributed by atoms with Gasteiger partial charge in [-0.1, -0.05) is 13.8 Å². The molecule has 1 heterocycles. The fraction of sp³-hybridized carbons (Fsp3) is 0.615. The summed E-state index contributed by atoms with van der Waals surface area (Å²) in [4.78, 5) is 11.7. The highest BCUT2D eigenvalue weighted by atomic mass is 35.5. The summed E-state index contributed by atoms with van der Waals surface area (Å²) in [7, 11) is -0.829. The maximum absolute atomic E-state index is 12.4. The molecule has 0 aliphatic heterocycles. The molecule has 1 aromatic heterocycles. The summed E-state index contributed by atoms with van der Waals surface area (Å²) < 4.78 is 30.6. The van der Waals surface area contributed by atoms with Crippen LogP contribution in [0.1, 0.15) is 29.9 Å². The molecule has 0 aliphatic rings. The van der Waals surface area contributed by atoms with Crippen molar-refractivity contribution in [2.24, 2.45) is 11.7 Å². The summed E-state index contributed by atoms with van der Waals surface area (Å²) in [6, 6.07) is 1.29. The van der Waals surface area contributed by atoms with Crippen molar-refractivity contribution in [3.8, 4) is 0 Å². The Hall–Kier alpha value is -0.670.